The molecule has 0 saturated heterocycles. The van der Waals surface area contributed by atoms with Crippen LogP contribution in [0.25, 0.3) is 11.0 Å². The van der Waals surface area contributed by atoms with Gasteiger partial charge in [-0.25, -0.2) is 9.78 Å². The first-order valence-corrected chi connectivity index (χ1v) is 4.09. The van der Waals surface area contributed by atoms with Crippen molar-refractivity contribution in [1.29, 1.82) is 0 Å². The van der Waals surface area contributed by atoms with Crippen molar-refractivity contribution in [2.75, 3.05) is 12.4 Å². The predicted octanol–water partition coefficient (Wildman–Crippen LogP) is 1.80. The zero-order valence-electron chi connectivity index (χ0n) is 8.58. The summed E-state index contributed by atoms with van der Waals surface area (Å²) in [6.45, 7) is 0. The predicted molar refractivity (Wildman–Crippen MR) is 63.2 cm³/mol. The van der Waals surface area contributed by atoms with Gasteiger partial charge in [0.1, 0.15) is 0 Å². The third-order valence-electron chi connectivity index (χ3n) is 1.80. The van der Waals surface area contributed by atoms with E-state index >= 15 is 0 Å². The smallest absolute Gasteiger partial charge is 0.413 e. The molecule has 1 aromatic carbocycles. The molecule has 16 heavy (non-hydrogen) atoms. The molecule has 0 aliphatic carbocycles. The molecule has 91 valence electrons. The number of methoxy groups -OCH3 is 1. The molecule has 0 spiro atoms. The minimum absolute atomic E-state index is 0. The quantitative estimate of drug-likeness (QED) is 0.621. The van der Waals surface area contributed by atoms with Crippen LogP contribution in [0.1, 0.15) is 0 Å². The van der Waals surface area contributed by atoms with Crippen LogP contribution in [0.2, 0.25) is 0 Å². The second kappa shape index (κ2) is 6.48. The van der Waals surface area contributed by atoms with Gasteiger partial charge in [0, 0.05) is 17.1 Å². The standard InChI is InChI=1S/C9H9N3O2.Cu.H3P/c1-14-9(13)12-8-10-6-4-2-3-5-7(6)11-8;;/h2-5H,1H3,(H2,10,11,12,13);;1H3. The molecule has 0 aliphatic rings. The topological polar surface area (TPSA) is 67.0 Å². The number of carbonyl (C=O) groups is 1. The van der Waals surface area contributed by atoms with Crippen LogP contribution < -0.4 is 5.32 Å². The summed E-state index contributed by atoms with van der Waals surface area (Å²) in [5.41, 5.74) is 1.68. The Kier molecular flexibility index (Phi) is 6.04. The van der Waals surface area contributed by atoms with Crippen molar-refractivity contribution >= 4 is 33.0 Å². The fourth-order valence-electron chi connectivity index (χ4n) is 1.16. The number of carbonyl (C=O) groups excluding carboxylic acids is 1. The molecule has 0 fully saturated rings. The van der Waals surface area contributed by atoms with Crippen LogP contribution in [0.4, 0.5) is 10.7 Å². The third kappa shape index (κ3) is 3.20. The summed E-state index contributed by atoms with van der Waals surface area (Å²) in [7, 11) is 1.30. The van der Waals surface area contributed by atoms with E-state index in [0.717, 1.165) is 11.0 Å². The van der Waals surface area contributed by atoms with Crippen LogP contribution in [0.5, 0.6) is 0 Å². The molecule has 7 heteroatoms. The number of fused-ring (bicyclic) bond motifs is 1. The Bertz CT molecular complexity index is 441. The van der Waals surface area contributed by atoms with E-state index in [0.29, 0.717) is 5.95 Å². The molecule has 5 nitrogen and oxygen atoms in total. The number of ether oxygens (including phenoxy) is 1. The zero-order valence-corrected chi connectivity index (χ0v) is 10.9. The Morgan fingerprint density at radius 1 is 1.44 bits per heavy atom. The SMILES string of the molecule is COC(=O)Nc1nc2ccccc2[nH]1.P.[Cu]. The number of hydrogen-bond acceptors (Lipinski definition) is 3. The van der Waals surface area contributed by atoms with E-state index in [1.807, 2.05) is 24.3 Å². The summed E-state index contributed by atoms with van der Waals surface area (Å²) in [5, 5.41) is 2.45. The summed E-state index contributed by atoms with van der Waals surface area (Å²) in [6.07, 6.45) is -0.538. The van der Waals surface area contributed by atoms with Gasteiger partial charge < -0.3 is 9.72 Å². The van der Waals surface area contributed by atoms with Crippen LogP contribution in [0.15, 0.2) is 24.3 Å². The van der Waals surface area contributed by atoms with E-state index in [1.54, 1.807) is 0 Å². The summed E-state index contributed by atoms with van der Waals surface area (Å²) < 4.78 is 4.44. The summed E-state index contributed by atoms with van der Waals surface area (Å²) in [6, 6.07) is 7.51. The van der Waals surface area contributed by atoms with Crippen molar-refractivity contribution in [1.82, 2.24) is 9.97 Å². The molecule has 2 rings (SSSR count). The maximum Gasteiger partial charge on any atom is 0.413 e. The van der Waals surface area contributed by atoms with Gasteiger partial charge in [-0.1, -0.05) is 12.1 Å². The Morgan fingerprint density at radius 2 is 2.12 bits per heavy atom. The molecule has 0 saturated carbocycles. The molecule has 1 amide bonds. The van der Waals surface area contributed by atoms with Gasteiger partial charge in [-0.2, -0.15) is 9.90 Å². The number of aromatic nitrogens is 2. The van der Waals surface area contributed by atoms with Crippen molar-refractivity contribution in [3.8, 4) is 0 Å². The molecule has 1 aromatic heterocycles. The number of rotatable bonds is 1. The number of nitrogens with one attached hydrogen (secondary N) is 2. The second-order valence-corrected chi connectivity index (χ2v) is 2.72. The number of anilines is 1. The molecule has 1 unspecified atom stereocenters. The number of aromatic amines is 1. The zero-order chi connectivity index (χ0) is 9.97. The van der Waals surface area contributed by atoms with Crippen molar-refractivity contribution in [2.24, 2.45) is 0 Å². The minimum Gasteiger partial charge on any atom is -0.453 e. The van der Waals surface area contributed by atoms with Gasteiger partial charge in [0.05, 0.1) is 18.1 Å². The number of benzene rings is 1. The van der Waals surface area contributed by atoms with Crippen molar-refractivity contribution in [2.45, 2.75) is 0 Å². The van der Waals surface area contributed by atoms with Crippen LogP contribution in [0.3, 0.4) is 0 Å². The van der Waals surface area contributed by atoms with Crippen molar-refractivity contribution in [3.63, 3.8) is 0 Å². The van der Waals surface area contributed by atoms with Gasteiger partial charge in [-0.15, -0.1) is 0 Å². The first-order chi connectivity index (χ1) is 6.79. The fourth-order valence-corrected chi connectivity index (χ4v) is 1.16. The average Bonchev–Trinajstić information content (AvgIpc) is 2.59. The number of para-hydroxylation sites is 2. The first-order valence-electron chi connectivity index (χ1n) is 4.09. The number of imidazole rings is 1. The summed E-state index contributed by atoms with van der Waals surface area (Å²) >= 11 is 0. The largest absolute Gasteiger partial charge is 0.453 e. The van der Waals surface area contributed by atoms with Crippen molar-refractivity contribution < 1.29 is 26.6 Å². The number of nitrogens with zero attached hydrogens (tertiary/aromatic N) is 1. The molecule has 2 aromatic rings. The van der Waals surface area contributed by atoms with E-state index in [-0.39, 0.29) is 27.0 Å². The number of hydrogen-bond donors (Lipinski definition) is 2. The van der Waals surface area contributed by atoms with Crippen LogP contribution in [-0.4, -0.2) is 23.2 Å². The maximum atomic E-state index is 10.9. The summed E-state index contributed by atoms with van der Waals surface area (Å²) in [5.74, 6) is 0.387. The Labute approximate surface area is 106 Å². The molecule has 1 radical (unpaired) electrons. The van der Waals surface area contributed by atoms with E-state index < -0.39 is 6.09 Å². The summed E-state index contributed by atoms with van der Waals surface area (Å²) in [4.78, 5) is 17.9. The number of H-pyrrole nitrogens is 1. The maximum absolute atomic E-state index is 10.9. The molecule has 0 bridgehead atoms. The molecule has 0 aliphatic heterocycles. The Balaban J connectivity index is 0.00000112. The second-order valence-electron chi connectivity index (χ2n) is 2.72. The molecular formula is C9H12CuN3O2P. The van der Waals surface area contributed by atoms with Crippen LogP contribution >= 0.6 is 9.90 Å². The molecular weight excluding hydrogens is 277 g/mol. The van der Waals surface area contributed by atoms with E-state index in [1.165, 1.54) is 7.11 Å². The van der Waals surface area contributed by atoms with Gasteiger partial charge in [0.15, 0.2) is 0 Å². The van der Waals surface area contributed by atoms with E-state index in [4.69, 9.17) is 0 Å². The Morgan fingerprint density at radius 3 is 2.75 bits per heavy atom. The van der Waals surface area contributed by atoms with Gasteiger partial charge in [0.25, 0.3) is 0 Å². The Hall–Kier alpha value is -1.09. The normalized spacial score (nSPS) is 8.81. The van der Waals surface area contributed by atoms with Crippen LogP contribution in [0, 0.1) is 0 Å². The third-order valence-corrected chi connectivity index (χ3v) is 1.80. The molecule has 1 atom stereocenters. The van der Waals surface area contributed by atoms with E-state index in [2.05, 4.69) is 20.0 Å². The molecule has 2 N–H and O–H groups in total. The molecule has 1 heterocycles. The van der Waals surface area contributed by atoms with E-state index in [9.17, 15) is 4.79 Å². The van der Waals surface area contributed by atoms with Gasteiger partial charge in [-0.05, 0) is 12.1 Å². The van der Waals surface area contributed by atoms with Gasteiger partial charge >= 0.3 is 6.09 Å². The number of amides is 1. The van der Waals surface area contributed by atoms with Gasteiger partial charge in [-0.3, -0.25) is 5.32 Å². The van der Waals surface area contributed by atoms with Gasteiger partial charge in [0.2, 0.25) is 5.95 Å². The van der Waals surface area contributed by atoms with Crippen LogP contribution in [-0.2, 0) is 21.8 Å². The first kappa shape index (κ1) is 14.9. The minimum atomic E-state index is -0.538. The monoisotopic (exact) mass is 288 g/mol. The van der Waals surface area contributed by atoms with Crippen molar-refractivity contribution in [3.05, 3.63) is 24.3 Å². The average molecular weight is 289 g/mol. The fraction of sp³-hybridized carbons (Fsp3) is 0.111.